The van der Waals surface area contributed by atoms with Gasteiger partial charge in [0, 0.05) is 38.5 Å². The lowest BCUT2D eigenvalue weighted by Gasteiger charge is -2.32. The number of likely N-dealkylation sites (tertiary alicyclic amines) is 1. The summed E-state index contributed by atoms with van der Waals surface area (Å²) < 4.78 is 5.52. The van der Waals surface area contributed by atoms with Crippen molar-refractivity contribution in [2.45, 2.75) is 37.6 Å². The fourth-order valence-corrected chi connectivity index (χ4v) is 6.65. The van der Waals surface area contributed by atoms with E-state index in [4.69, 9.17) is 4.74 Å². The van der Waals surface area contributed by atoms with E-state index in [-0.39, 0.29) is 23.9 Å². The molecule has 3 aliphatic heterocycles. The molecule has 0 spiro atoms. The third-order valence-electron chi connectivity index (χ3n) is 7.52. The van der Waals surface area contributed by atoms with Crippen LogP contribution in [0, 0.1) is 0 Å². The molecule has 3 aromatic rings. The van der Waals surface area contributed by atoms with Gasteiger partial charge in [-0.25, -0.2) is 9.78 Å². The van der Waals surface area contributed by atoms with Crippen LogP contribution in [0.4, 0.5) is 21.9 Å². The van der Waals surface area contributed by atoms with Gasteiger partial charge >= 0.3 is 6.03 Å². The fraction of sp³-hybridized carbons (Fsp3) is 0.357. The zero-order valence-corrected chi connectivity index (χ0v) is 21.8. The number of rotatable bonds is 5. The van der Waals surface area contributed by atoms with Gasteiger partial charge < -0.3 is 20.3 Å². The number of hydrogen-bond acceptors (Lipinski definition) is 6. The Morgan fingerprint density at radius 2 is 2.05 bits per heavy atom. The summed E-state index contributed by atoms with van der Waals surface area (Å²) in [6, 6.07) is 9.43. The van der Waals surface area contributed by atoms with Gasteiger partial charge in [0.25, 0.3) is 5.91 Å². The molecular formula is C28H29N5O4S. The number of thiophene rings is 1. The van der Waals surface area contributed by atoms with Gasteiger partial charge in [-0.3, -0.25) is 14.5 Å². The molecular weight excluding hydrogens is 502 g/mol. The molecule has 9 nitrogen and oxygen atoms in total. The van der Waals surface area contributed by atoms with Crippen molar-refractivity contribution in [3.05, 3.63) is 59.6 Å². The van der Waals surface area contributed by atoms with Gasteiger partial charge in [-0.05, 0) is 61.4 Å². The van der Waals surface area contributed by atoms with Crippen molar-refractivity contribution < 1.29 is 19.1 Å². The molecule has 1 atom stereocenters. The van der Waals surface area contributed by atoms with Gasteiger partial charge in [-0.15, -0.1) is 11.3 Å². The number of amides is 4. The number of carbonyl (C=O) groups is 3. The summed E-state index contributed by atoms with van der Waals surface area (Å²) in [5.74, 6) is -0.0105. The minimum atomic E-state index is -0.318. The summed E-state index contributed by atoms with van der Waals surface area (Å²) in [4.78, 5) is 47.9. The summed E-state index contributed by atoms with van der Waals surface area (Å²) in [6.45, 7) is 6.14. The van der Waals surface area contributed by atoms with Gasteiger partial charge in [0.2, 0.25) is 5.91 Å². The Kier molecular flexibility index (Phi) is 6.59. The highest BCUT2D eigenvalue weighted by Crippen LogP contribution is 2.46. The van der Waals surface area contributed by atoms with Crippen LogP contribution in [0.25, 0.3) is 10.2 Å². The standard InChI is InChI=1S/C28H29N5O4S/c1-2-22(34)32-12-4-6-19(16-32)30-26(35)25-24-23-21(8-11-29-27(23)38-25)33(28(36)31-24)20-7-3-5-18(15-20)17-9-13-37-14-10-17/h2-3,5,7-8,11,15,17,19H,1,4,6,9-10,12-14,16H2,(H,30,35)(H,31,36)/t19-/m1/s1. The molecule has 0 radical (unpaired) electrons. The SMILES string of the molecule is C=CC(=O)N1CCC[C@@H](NC(=O)c2sc3nccc4c3c2NC(=O)N4c2cccc(C3CCOCC3)c2)C1. The smallest absolute Gasteiger partial charge is 0.331 e. The van der Waals surface area contributed by atoms with E-state index in [9.17, 15) is 14.4 Å². The number of nitrogens with one attached hydrogen (secondary N) is 2. The summed E-state index contributed by atoms with van der Waals surface area (Å²) in [5, 5.41) is 6.79. The summed E-state index contributed by atoms with van der Waals surface area (Å²) in [7, 11) is 0. The molecule has 0 bridgehead atoms. The van der Waals surface area contributed by atoms with Crippen LogP contribution in [0.3, 0.4) is 0 Å². The van der Waals surface area contributed by atoms with Crippen molar-refractivity contribution in [2.24, 2.45) is 0 Å². The number of nitrogens with zero attached hydrogens (tertiary/aromatic N) is 3. The largest absolute Gasteiger partial charge is 0.381 e. The maximum Gasteiger partial charge on any atom is 0.331 e. The fourth-order valence-electron chi connectivity index (χ4n) is 5.62. The Morgan fingerprint density at radius 1 is 1.21 bits per heavy atom. The minimum Gasteiger partial charge on any atom is -0.381 e. The zero-order valence-electron chi connectivity index (χ0n) is 20.9. The number of hydrogen-bond donors (Lipinski definition) is 2. The molecule has 0 unspecified atom stereocenters. The van der Waals surface area contributed by atoms with Crippen molar-refractivity contribution in [3.8, 4) is 0 Å². The average molecular weight is 532 g/mol. The highest BCUT2D eigenvalue weighted by atomic mass is 32.1. The van der Waals surface area contributed by atoms with E-state index >= 15 is 0 Å². The van der Waals surface area contributed by atoms with Gasteiger partial charge in [0.05, 0.1) is 22.4 Å². The Bertz CT molecular complexity index is 1430. The van der Waals surface area contributed by atoms with Crippen molar-refractivity contribution >= 4 is 56.5 Å². The van der Waals surface area contributed by atoms with Crippen molar-refractivity contribution in [2.75, 3.05) is 36.5 Å². The van der Waals surface area contributed by atoms with Crippen molar-refractivity contribution in [1.82, 2.24) is 15.2 Å². The molecule has 196 valence electrons. The molecule has 5 heterocycles. The molecule has 4 amide bonds. The Morgan fingerprint density at radius 3 is 2.87 bits per heavy atom. The normalized spacial score (nSPS) is 19.8. The van der Waals surface area contributed by atoms with E-state index in [1.807, 2.05) is 18.2 Å². The van der Waals surface area contributed by atoms with E-state index in [0.29, 0.717) is 40.1 Å². The van der Waals surface area contributed by atoms with Gasteiger partial charge in [0.15, 0.2) is 0 Å². The predicted molar refractivity (Wildman–Crippen MR) is 147 cm³/mol. The molecule has 2 aromatic heterocycles. The summed E-state index contributed by atoms with van der Waals surface area (Å²) in [5.41, 5.74) is 3.16. The van der Waals surface area contributed by atoms with Crippen LogP contribution >= 0.6 is 11.3 Å². The maximum absolute atomic E-state index is 13.5. The molecule has 2 saturated heterocycles. The van der Waals surface area contributed by atoms with Crippen LogP contribution in [0.15, 0.2) is 49.2 Å². The number of benzene rings is 1. The van der Waals surface area contributed by atoms with E-state index in [1.165, 1.54) is 23.0 Å². The predicted octanol–water partition coefficient (Wildman–Crippen LogP) is 4.78. The second-order valence-corrected chi connectivity index (χ2v) is 10.9. The van der Waals surface area contributed by atoms with Crippen molar-refractivity contribution in [3.63, 3.8) is 0 Å². The van der Waals surface area contributed by atoms with E-state index in [0.717, 1.165) is 50.0 Å². The van der Waals surface area contributed by atoms with Gasteiger partial charge in [-0.1, -0.05) is 18.7 Å². The number of anilines is 3. The molecule has 1 aromatic carbocycles. The first kappa shape index (κ1) is 24.6. The number of carbonyl (C=O) groups excluding carboxylic acids is 3. The Hall–Kier alpha value is -3.76. The lowest BCUT2D eigenvalue weighted by molar-refractivity contribution is -0.127. The molecule has 6 rings (SSSR count). The Balaban J connectivity index is 1.30. The lowest BCUT2D eigenvalue weighted by atomic mass is 9.91. The number of piperidine rings is 1. The molecule has 10 heteroatoms. The summed E-state index contributed by atoms with van der Waals surface area (Å²) >= 11 is 1.26. The number of aromatic nitrogens is 1. The Labute approximate surface area is 224 Å². The maximum atomic E-state index is 13.5. The highest BCUT2D eigenvalue weighted by Gasteiger charge is 2.34. The molecule has 0 saturated carbocycles. The van der Waals surface area contributed by atoms with E-state index in [1.54, 1.807) is 16.0 Å². The second-order valence-electron chi connectivity index (χ2n) is 9.86. The van der Waals surface area contributed by atoms with Crippen LogP contribution in [-0.2, 0) is 9.53 Å². The number of ether oxygens (including phenoxy) is 1. The first-order valence-electron chi connectivity index (χ1n) is 13.0. The van der Waals surface area contributed by atoms with Crippen molar-refractivity contribution in [1.29, 1.82) is 0 Å². The molecule has 0 aliphatic carbocycles. The quantitative estimate of drug-likeness (QED) is 0.461. The number of pyridine rings is 1. The van der Waals surface area contributed by atoms with Crippen LogP contribution in [0.1, 0.15) is 46.8 Å². The second kappa shape index (κ2) is 10.2. The zero-order chi connectivity index (χ0) is 26.2. The highest BCUT2D eigenvalue weighted by molar-refractivity contribution is 7.21. The topological polar surface area (TPSA) is 104 Å². The van der Waals surface area contributed by atoms with Crippen LogP contribution < -0.4 is 15.5 Å². The first-order chi connectivity index (χ1) is 18.5. The van der Waals surface area contributed by atoms with E-state index in [2.05, 4.69) is 34.3 Å². The molecule has 38 heavy (non-hydrogen) atoms. The lowest BCUT2D eigenvalue weighted by Crippen LogP contribution is -2.49. The molecule has 2 fully saturated rings. The van der Waals surface area contributed by atoms with Gasteiger partial charge in [0.1, 0.15) is 9.71 Å². The number of urea groups is 1. The monoisotopic (exact) mass is 531 g/mol. The third-order valence-corrected chi connectivity index (χ3v) is 8.61. The average Bonchev–Trinajstić information content (AvgIpc) is 3.33. The van der Waals surface area contributed by atoms with Crippen LogP contribution in [0.5, 0.6) is 0 Å². The van der Waals surface area contributed by atoms with Gasteiger partial charge in [-0.2, -0.15) is 0 Å². The van der Waals surface area contributed by atoms with Crippen LogP contribution in [-0.4, -0.2) is 60.1 Å². The third kappa shape index (κ3) is 4.43. The molecule has 3 aliphatic rings. The molecule has 2 N–H and O–H groups in total. The van der Waals surface area contributed by atoms with E-state index < -0.39 is 0 Å². The van der Waals surface area contributed by atoms with Crippen LogP contribution in [0.2, 0.25) is 0 Å². The minimum absolute atomic E-state index is 0.136. The first-order valence-corrected chi connectivity index (χ1v) is 13.8. The summed E-state index contributed by atoms with van der Waals surface area (Å²) in [6.07, 6.45) is 6.47.